The van der Waals surface area contributed by atoms with E-state index in [1.807, 2.05) is 30.3 Å². The maximum absolute atomic E-state index is 13.6. The van der Waals surface area contributed by atoms with E-state index in [1.165, 1.54) is 18.2 Å². The number of aliphatic hydroxyl groups excluding tert-OH is 1. The number of rotatable bonds is 6. The molecular formula is C16H16ClFN2O2. The van der Waals surface area contributed by atoms with Gasteiger partial charge in [0.15, 0.2) is 0 Å². The predicted octanol–water partition coefficient (Wildman–Crippen LogP) is 2.92. The molecule has 0 aromatic heterocycles. The number of anilines is 2. The molecular weight excluding hydrogens is 307 g/mol. The zero-order valence-electron chi connectivity index (χ0n) is 11.8. The molecule has 0 spiro atoms. The summed E-state index contributed by atoms with van der Waals surface area (Å²) in [5, 5.41) is 12.0. The molecule has 0 heterocycles. The quantitative estimate of drug-likeness (QED) is 0.860. The Labute approximate surface area is 133 Å². The number of amides is 1. The van der Waals surface area contributed by atoms with Crippen molar-refractivity contribution in [1.29, 1.82) is 0 Å². The molecule has 0 unspecified atom stereocenters. The zero-order chi connectivity index (χ0) is 15.9. The molecule has 2 N–H and O–H groups in total. The van der Waals surface area contributed by atoms with E-state index in [1.54, 1.807) is 4.90 Å². The molecule has 1 amide bonds. The van der Waals surface area contributed by atoms with E-state index in [4.69, 9.17) is 16.7 Å². The van der Waals surface area contributed by atoms with Gasteiger partial charge in [-0.05, 0) is 30.3 Å². The molecule has 0 bridgehead atoms. The molecule has 0 saturated heterocycles. The van der Waals surface area contributed by atoms with Gasteiger partial charge in [0.25, 0.3) is 0 Å². The molecule has 0 atom stereocenters. The third-order valence-corrected chi connectivity index (χ3v) is 3.26. The fourth-order valence-electron chi connectivity index (χ4n) is 2.02. The van der Waals surface area contributed by atoms with E-state index in [2.05, 4.69) is 5.32 Å². The lowest BCUT2D eigenvalue weighted by molar-refractivity contribution is -0.115. The van der Waals surface area contributed by atoms with Gasteiger partial charge in [0, 0.05) is 17.3 Å². The summed E-state index contributed by atoms with van der Waals surface area (Å²) in [6.45, 7) is 0.208. The first-order chi connectivity index (χ1) is 10.6. The molecule has 116 valence electrons. The summed E-state index contributed by atoms with van der Waals surface area (Å²) in [7, 11) is 0. The van der Waals surface area contributed by atoms with Gasteiger partial charge in [-0.2, -0.15) is 0 Å². The maximum Gasteiger partial charge on any atom is 0.243 e. The lowest BCUT2D eigenvalue weighted by Crippen LogP contribution is -2.35. The van der Waals surface area contributed by atoms with Crippen LogP contribution >= 0.6 is 11.6 Å². The largest absolute Gasteiger partial charge is 0.395 e. The van der Waals surface area contributed by atoms with Crippen LogP contribution < -0.4 is 10.2 Å². The van der Waals surface area contributed by atoms with Crippen molar-refractivity contribution < 1.29 is 14.3 Å². The molecule has 2 aromatic rings. The summed E-state index contributed by atoms with van der Waals surface area (Å²) < 4.78 is 13.6. The highest BCUT2D eigenvalue weighted by molar-refractivity contribution is 6.30. The minimum Gasteiger partial charge on any atom is -0.395 e. The Bertz CT molecular complexity index is 637. The monoisotopic (exact) mass is 322 g/mol. The molecule has 0 aliphatic rings. The number of benzene rings is 2. The lowest BCUT2D eigenvalue weighted by Gasteiger charge is -2.23. The van der Waals surface area contributed by atoms with Crippen LogP contribution in [0.3, 0.4) is 0 Å². The van der Waals surface area contributed by atoms with Gasteiger partial charge in [-0.15, -0.1) is 0 Å². The van der Waals surface area contributed by atoms with Crippen molar-refractivity contribution in [2.75, 3.05) is 29.9 Å². The third kappa shape index (κ3) is 4.44. The summed E-state index contributed by atoms with van der Waals surface area (Å²) in [6, 6.07) is 13.2. The number of carbonyl (C=O) groups excluding carboxylic acids is 1. The van der Waals surface area contributed by atoms with E-state index in [0.717, 1.165) is 5.69 Å². The molecule has 4 nitrogen and oxygen atoms in total. The SMILES string of the molecule is O=C(CN(CCO)c1ccccc1)Nc1cc(Cl)ccc1F. The molecule has 0 radical (unpaired) electrons. The van der Waals surface area contributed by atoms with Crippen molar-refractivity contribution >= 4 is 28.9 Å². The van der Waals surface area contributed by atoms with Crippen LogP contribution in [0.15, 0.2) is 48.5 Å². The Morgan fingerprint density at radius 2 is 1.95 bits per heavy atom. The first kappa shape index (κ1) is 16.3. The Balaban J connectivity index is 2.07. The van der Waals surface area contributed by atoms with Crippen LogP contribution in [0.25, 0.3) is 0 Å². The average molecular weight is 323 g/mol. The predicted molar refractivity (Wildman–Crippen MR) is 85.8 cm³/mol. The number of nitrogens with zero attached hydrogens (tertiary/aromatic N) is 1. The topological polar surface area (TPSA) is 52.6 Å². The van der Waals surface area contributed by atoms with Gasteiger partial charge in [0.2, 0.25) is 5.91 Å². The molecule has 0 fully saturated rings. The van der Waals surface area contributed by atoms with Crippen LogP contribution in [0.4, 0.5) is 15.8 Å². The summed E-state index contributed by atoms with van der Waals surface area (Å²) in [6.07, 6.45) is 0. The molecule has 22 heavy (non-hydrogen) atoms. The van der Waals surface area contributed by atoms with Gasteiger partial charge in [-0.25, -0.2) is 4.39 Å². The summed E-state index contributed by atoms with van der Waals surface area (Å²) in [5.41, 5.74) is 0.841. The van der Waals surface area contributed by atoms with E-state index in [-0.39, 0.29) is 18.8 Å². The fraction of sp³-hybridized carbons (Fsp3) is 0.188. The lowest BCUT2D eigenvalue weighted by atomic mass is 10.2. The first-order valence-electron chi connectivity index (χ1n) is 6.76. The van der Waals surface area contributed by atoms with E-state index < -0.39 is 11.7 Å². The highest BCUT2D eigenvalue weighted by Gasteiger charge is 2.13. The van der Waals surface area contributed by atoms with Crippen molar-refractivity contribution in [3.8, 4) is 0 Å². The fourth-order valence-corrected chi connectivity index (χ4v) is 2.19. The third-order valence-electron chi connectivity index (χ3n) is 3.03. The smallest absolute Gasteiger partial charge is 0.243 e. The van der Waals surface area contributed by atoms with Crippen LogP contribution in [0, 0.1) is 5.82 Å². The molecule has 0 aliphatic carbocycles. The van der Waals surface area contributed by atoms with Crippen LogP contribution in [0.1, 0.15) is 0 Å². The number of para-hydroxylation sites is 1. The standard InChI is InChI=1S/C16H16ClFN2O2/c17-12-6-7-14(18)15(10-12)19-16(22)11-20(8-9-21)13-4-2-1-3-5-13/h1-7,10,21H,8-9,11H2,(H,19,22). The Kier molecular flexibility index (Phi) is 5.75. The van der Waals surface area contributed by atoms with Gasteiger partial charge >= 0.3 is 0 Å². The van der Waals surface area contributed by atoms with Crippen molar-refractivity contribution in [3.05, 3.63) is 59.4 Å². The van der Waals surface area contributed by atoms with Crippen molar-refractivity contribution in [3.63, 3.8) is 0 Å². The average Bonchev–Trinajstić information content (AvgIpc) is 2.51. The molecule has 2 rings (SSSR count). The van der Waals surface area contributed by atoms with Gasteiger partial charge < -0.3 is 15.3 Å². The van der Waals surface area contributed by atoms with Crippen molar-refractivity contribution in [1.82, 2.24) is 0 Å². The maximum atomic E-state index is 13.6. The van der Waals surface area contributed by atoms with Crippen molar-refractivity contribution in [2.45, 2.75) is 0 Å². The molecule has 0 saturated carbocycles. The Morgan fingerprint density at radius 3 is 2.64 bits per heavy atom. The summed E-state index contributed by atoms with van der Waals surface area (Å²) in [4.78, 5) is 13.8. The minimum atomic E-state index is -0.550. The van der Waals surface area contributed by atoms with Gasteiger partial charge in [-0.1, -0.05) is 29.8 Å². The van der Waals surface area contributed by atoms with Crippen molar-refractivity contribution in [2.24, 2.45) is 0 Å². The zero-order valence-corrected chi connectivity index (χ0v) is 12.6. The number of hydrogen-bond acceptors (Lipinski definition) is 3. The van der Waals surface area contributed by atoms with E-state index in [9.17, 15) is 9.18 Å². The van der Waals surface area contributed by atoms with Gasteiger partial charge in [0.1, 0.15) is 5.82 Å². The van der Waals surface area contributed by atoms with Crippen LogP contribution in [-0.4, -0.2) is 30.7 Å². The van der Waals surface area contributed by atoms with Crippen LogP contribution in [-0.2, 0) is 4.79 Å². The van der Waals surface area contributed by atoms with Crippen LogP contribution in [0.5, 0.6) is 0 Å². The second-order valence-corrected chi connectivity index (χ2v) is 5.09. The Morgan fingerprint density at radius 1 is 1.23 bits per heavy atom. The number of carbonyl (C=O) groups is 1. The summed E-state index contributed by atoms with van der Waals surface area (Å²) >= 11 is 5.79. The number of nitrogens with one attached hydrogen (secondary N) is 1. The van der Waals surface area contributed by atoms with E-state index in [0.29, 0.717) is 11.6 Å². The van der Waals surface area contributed by atoms with Crippen LogP contribution in [0.2, 0.25) is 5.02 Å². The minimum absolute atomic E-state index is 0.00345. The normalized spacial score (nSPS) is 10.3. The highest BCUT2D eigenvalue weighted by Crippen LogP contribution is 2.20. The second kappa shape index (κ2) is 7.77. The highest BCUT2D eigenvalue weighted by atomic mass is 35.5. The second-order valence-electron chi connectivity index (χ2n) is 4.65. The van der Waals surface area contributed by atoms with Gasteiger partial charge in [-0.3, -0.25) is 4.79 Å². The molecule has 2 aromatic carbocycles. The number of aliphatic hydroxyl groups is 1. The number of hydrogen-bond donors (Lipinski definition) is 2. The van der Waals surface area contributed by atoms with Gasteiger partial charge in [0.05, 0.1) is 18.8 Å². The summed E-state index contributed by atoms with van der Waals surface area (Å²) in [5.74, 6) is -0.940. The Hall–Kier alpha value is -2.11. The number of halogens is 2. The molecule has 0 aliphatic heterocycles. The first-order valence-corrected chi connectivity index (χ1v) is 7.13. The van der Waals surface area contributed by atoms with E-state index >= 15 is 0 Å². The molecule has 6 heteroatoms.